The van der Waals surface area contributed by atoms with Crippen LogP contribution in [0.25, 0.3) is 0 Å². The lowest BCUT2D eigenvalue weighted by Gasteiger charge is -2.56. The van der Waals surface area contributed by atoms with Gasteiger partial charge in [0.05, 0.1) is 6.54 Å². The molecule has 3 nitrogen and oxygen atoms in total. The number of carbonyl (C=O) groups excluding carboxylic acids is 1. The number of nitrogens with two attached hydrogens (primary N) is 1. The molecule has 0 aliphatic heterocycles. The number of carbonyl (C=O) groups is 1. The van der Waals surface area contributed by atoms with Crippen LogP contribution >= 0.6 is 0 Å². The van der Waals surface area contributed by atoms with Crippen molar-refractivity contribution < 1.29 is 4.79 Å². The van der Waals surface area contributed by atoms with Gasteiger partial charge in [0.15, 0.2) is 5.78 Å². The van der Waals surface area contributed by atoms with Gasteiger partial charge in [0.25, 0.3) is 0 Å². The standard InChI is InChI=1S/C22H38N2O/c1-14-4-6-16-15(12-14)5-7-18-17(16)10-11-22(2)19(18)8-9-20(22)21(25)13-24(3)23/h14-20H,4-13,23H2,1-3H3. The lowest BCUT2D eigenvalue weighted by atomic mass is 9.49. The fourth-order valence-corrected chi connectivity index (χ4v) is 7.97. The Bertz CT molecular complexity index is 518. The molecule has 0 aromatic carbocycles. The van der Waals surface area contributed by atoms with E-state index in [9.17, 15) is 4.79 Å². The van der Waals surface area contributed by atoms with E-state index in [0.717, 1.165) is 41.9 Å². The normalized spacial score (nSPS) is 49.4. The van der Waals surface area contributed by atoms with E-state index in [-0.39, 0.29) is 11.3 Å². The molecular formula is C22H38N2O. The average Bonchev–Trinajstić information content (AvgIpc) is 2.91. The van der Waals surface area contributed by atoms with Crippen molar-refractivity contribution in [3.8, 4) is 0 Å². The van der Waals surface area contributed by atoms with Crippen LogP contribution in [0.15, 0.2) is 0 Å². The number of likely N-dealkylation sites (N-methyl/N-ethyl adjacent to an activating group) is 1. The number of nitrogens with zero attached hydrogens (tertiary/aromatic N) is 1. The van der Waals surface area contributed by atoms with Crippen molar-refractivity contribution in [2.75, 3.05) is 13.6 Å². The Hall–Kier alpha value is -0.410. The first kappa shape index (κ1) is 18.0. The topological polar surface area (TPSA) is 46.3 Å². The molecule has 2 N–H and O–H groups in total. The van der Waals surface area contributed by atoms with Gasteiger partial charge < -0.3 is 0 Å². The minimum atomic E-state index is 0.253. The molecule has 3 heteroatoms. The van der Waals surface area contributed by atoms with Gasteiger partial charge in [-0.25, -0.2) is 5.01 Å². The molecule has 4 aliphatic rings. The molecule has 4 aliphatic carbocycles. The summed E-state index contributed by atoms with van der Waals surface area (Å²) >= 11 is 0. The maximum absolute atomic E-state index is 12.8. The summed E-state index contributed by atoms with van der Waals surface area (Å²) < 4.78 is 0. The third kappa shape index (κ3) is 3.00. The van der Waals surface area contributed by atoms with E-state index in [0.29, 0.717) is 12.3 Å². The first-order valence-electron chi connectivity index (χ1n) is 10.9. The van der Waals surface area contributed by atoms with Crippen molar-refractivity contribution in [1.82, 2.24) is 5.01 Å². The summed E-state index contributed by atoms with van der Waals surface area (Å²) in [5.74, 6) is 12.1. The van der Waals surface area contributed by atoms with Crippen LogP contribution in [0.1, 0.15) is 71.6 Å². The van der Waals surface area contributed by atoms with Gasteiger partial charge in [-0.2, -0.15) is 0 Å². The summed E-state index contributed by atoms with van der Waals surface area (Å²) in [4.78, 5) is 12.8. The van der Waals surface area contributed by atoms with Gasteiger partial charge >= 0.3 is 0 Å². The largest absolute Gasteiger partial charge is 0.298 e. The second-order valence-electron chi connectivity index (χ2n) is 10.4. The highest BCUT2D eigenvalue weighted by Crippen LogP contribution is 2.64. The quantitative estimate of drug-likeness (QED) is 0.613. The third-order valence-electron chi connectivity index (χ3n) is 9.01. The molecule has 4 rings (SSSR count). The molecular weight excluding hydrogens is 308 g/mol. The molecule has 142 valence electrons. The molecule has 0 amide bonds. The Morgan fingerprint density at radius 2 is 1.80 bits per heavy atom. The van der Waals surface area contributed by atoms with Crippen LogP contribution < -0.4 is 5.84 Å². The molecule has 4 saturated carbocycles. The van der Waals surface area contributed by atoms with Crippen LogP contribution in [0.5, 0.6) is 0 Å². The second-order valence-corrected chi connectivity index (χ2v) is 10.4. The molecule has 0 spiro atoms. The second kappa shape index (κ2) is 6.64. The number of ketones is 1. The minimum Gasteiger partial charge on any atom is -0.298 e. The van der Waals surface area contributed by atoms with Gasteiger partial charge in [0, 0.05) is 13.0 Å². The first-order chi connectivity index (χ1) is 11.9. The van der Waals surface area contributed by atoms with Gasteiger partial charge in [-0.15, -0.1) is 0 Å². The number of Topliss-reactive ketones (excluding diaryl/α,β-unsaturated/α-hetero) is 1. The summed E-state index contributed by atoms with van der Waals surface area (Å²) in [6.07, 6.45) is 12.4. The zero-order chi connectivity index (χ0) is 17.8. The lowest BCUT2D eigenvalue weighted by Crippen LogP contribution is -2.50. The highest BCUT2D eigenvalue weighted by atomic mass is 16.1. The molecule has 8 unspecified atom stereocenters. The summed E-state index contributed by atoms with van der Waals surface area (Å²) in [5, 5.41) is 1.57. The van der Waals surface area contributed by atoms with E-state index in [1.165, 1.54) is 51.4 Å². The summed E-state index contributed by atoms with van der Waals surface area (Å²) in [6.45, 7) is 5.33. The molecule has 8 atom stereocenters. The molecule has 0 aromatic heterocycles. The van der Waals surface area contributed by atoms with Crippen molar-refractivity contribution >= 4 is 5.78 Å². The van der Waals surface area contributed by atoms with Gasteiger partial charge in [-0.3, -0.25) is 10.6 Å². The minimum absolute atomic E-state index is 0.253. The monoisotopic (exact) mass is 346 g/mol. The van der Waals surface area contributed by atoms with Crippen LogP contribution in [-0.4, -0.2) is 24.4 Å². The average molecular weight is 347 g/mol. The summed E-state index contributed by atoms with van der Waals surface area (Å²) in [7, 11) is 1.81. The fourth-order valence-electron chi connectivity index (χ4n) is 7.97. The van der Waals surface area contributed by atoms with Crippen LogP contribution in [0.2, 0.25) is 0 Å². The summed E-state index contributed by atoms with van der Waals surface area (Å²) in [5.41, 5.74) is 0.253. The molecule has 0 aromatic rings. The SMILES string of the molecule is CC1CCC2C(CCC3C2CCC2(C)C(C(=O)CN(C)N)CCC32)C1. The Balaban J connectivity index is 1.51. The molecule has 0 heterocycles. The Morgan fingerprint density at radius 3 is 2.56 bits per heavy atom. The fraction of sp³-hybridized carbons (Fsp3) is 0.955. The molecule has 0 saturated heterocycles. The number of hydrogen-bond donors (Lipinski definition) is 1. The smallest absolute Gasteiger partial charge is 0.151 e. The van der Waals surface area contributed by atoms with Crippen molar-refractivity contribution in [3.05, 3.63) is 0 Å². The van der Waals surface area contributed by atoms with Gasteiger partial charge in [0.2, 0.25) is 0 Å². The third-order valence-corrected chi connectivity index (χ3v) is 9.01. The Kier molecular flexibility index (Phi) is 4.77. The van der Waals surface area contributed by atoms with E-state index in [1.807, 2.05) is 7.05 Å². The van der Waals surface area contributed by atoms with Crippen LogP contribution in [0.3, 0.4) is 0 Å². The molecule has 25 heavy (non-hydrogen) atoms. The van der Waals surface area contributed by atoms with E-state index in [2.05, 4.69) is 13.8 Å². The van der Waals surface area contributed by atoms with Gasteiger partial charge in [-0.05, 0) is 92.3 Å². The van der Waals surface area contributed by atoms with E-state index in [1.54, 1.807) is 5.01 Å². The molecule has 0 bridgehead atoms. The zero-order valence-corrected chi connectivity index (χ0v) is 16.5. The van der Waals surface area contributed by atoms with Crippen molar-refractivity contribution in [2.24, 2.45) is 52.7 Å². The van der Waals surface area contributed by atoms with Crippen molar-refractivity contribution in [2.45, 2.75) is 71.6 Å². The molecule has 4 fully saturated rings. The number of rotatable bonds is 3. The van der Waals surface area contributed by atoms with E-state index >= 15 is 0 Å². The lowest BCUT2D eigenvalue weighted by molar-refractivity contribution is -0.131. The number of fused-ring (bicyclic) bond motifs is 5. The van der Waals surface area contributed by atoms with Crippen molar-refractivity contribution in [1.29, 1.82) is 0 Å². The van der Waals surface area contributed by atoms with E-state index in [4.69, 9.17) is 5.84 Å². The van der Waals surface area contributed by atoms with Crippen LogP contribution in [0.4, 0.5) is 0 Å². The van der Waals surface area contributed by atoms with E-state index < -0.39 is 0 Å². The molecule has 0 radical (unpaired) electrons. The number of hydrogen-bond acceptors (Lipinski definition) is 3. The van der Waals surface area contributed by atoms with Crippen LogP contribution in [0, 0.1) is 46.8 Å². The highest BCUT2D eigenvalue weighted by Gasteiger charge is 2.58. The number of hydrazine groups is 1. The maximum Gasteiger partial charge on any atom is 0.151 e. The summed E-state index contributed by atoms with van der Waals surface area (Å²) in [6, 6.07) is 0. The van der Waals surface area contributed by atoms with Crippen molar-refractivity contribution in [3.63, 3.8) is 0 Å². The predicted octanol–water partition coefficient (Wildman–Crippen LogP) is 4.27. The maximum atomic E-state index is 12.8. The Morgan fingerprint density at radius 1 is 1.04 bits per heavy atom. The zero-order valence-electron chi connectivity index (χ0n) is 16.5. The highest BCUT2D eigenvalue weighted by molar-refractivity contribution is 5.84. The van der Waals surface area contributed by atoms with Crippen LogP contribution in [-0.2, 0) is 4.79 Å². The first-order valence-corrected chi connectivity index (χ1v) is 10.9. The van der Waals surface area contributed by atoms with Gasteiger partial charge in [-0.1, -0.05) is 20.3 Å². The Labute approximate surface area is 154 Å². The van der Waals surface area contributed by atoms with Gasteiger partial charge in [0.1, 0.15) is 0 Å². The predicted molar refractivity (Wildman–Crippen MR) is 102 cm³/mol.